The number of nitrogens with zero attached hydrogens (tertiary/aromatic N) is 3. The number of rotatable bonds is 5. The van der Waals surface area contributed by atoms with Crippen LogP contribution < -0.4 is 19.6 Å². The average Bonchev–Trinajstić information content (AvgIpc) is 3.40. The van der Waals surface area contributed by atoms with Crippen molar-refractivity contribution in [2.75, 3.05) is 14.2 Å². The molecule has 27 heavy (non-hydrogen) atoms. The lowest BCUT2D eigenvalue weighted by Crippen LogP contribution is -2.23. The lowest BCUT2D eigenvalue weighted by atomic mass is 10.2. The molecule has 0 aliphatic heterocycles. The first kappa shape index (κ1) is 17.4. The molecule has 0 unspecified atom stereocenters. The highest BCUT2D eigenvalue weighted by atomic mass is 32.1. The van der Waals surface area contributed by atoms with Gasteiger partial charge in [-0.1, -0.05) is 17.4 Å². The van der Waals surface area contributed by atoms with E-state index in [1.165, 1.54) is 15.9 Å². The van der Waals surface area contributed by atoms with Gasteiger partial charge in [-0.15, -0.1) is 16.4 Å². The van der Waals surface area contributed by atoms with Crippen molar-refractivity contribution in [3.8, 4) is 11.5 Å². The second kappa shape index (κ2) is 7.34. The molecule has 6 nitrogen and oxygen atoms in total. The lowest BCUT2D eigenvalue weighted by Gasteiger charge is -2.06. The number of thiophene rings is 1. The molecule has 0 fully saturated rings. The van der Waals surface area contributed by atoms with Crippen molar-refractivity contribution in [1.29, 1.82) is 0 Å². The van der Waals surface area contributed by atoms with Gasteiger partial charge in [0.1, 0.15) is 11.5 Å². The van der Waals surface area contributed by atoms with Gasteiger partial charge in [0.15, 0.2) is 5.82 Å². The van der Waals surface area contributed by atoms with Gasteiger partial charge in [0.2, 0.25) is 4.96 Å². The third-order valence-electron chi connectivity index (χ3n) is 3.87. The van der Waals surface area contributed by atoms with Crippen LogP contribution in [0.15, 0.2) is 40.5 Å². The monoisotopic (exact) mass is 397 g/mol. The molecule has 4 aromatic rings. The van der Waals surface area contributed by atoms with E-state index in [2.05, 4.69) is 10.1 Å². The Morgan fingerprint density at radius 1 is 1.15 bits per heavy atom. The minimum absolute atomic E-state index is 0.198. The summed E-state index contributed by atoms with van der Waals surface area (Å²) in [6, 6.07) is 9.44. The van der Waals surface area contributed by atoms with Gasteiger partial charge in [0.25, 0.3) is 5.56 Å². The number of hydrogen-bond acceptors (Lipinski definition) is 7. The molecular weight excluding hydrogens is 382 g/mol. The Hall–Kier alpha value is -2.97. The molecule has 4 rings (SSSR count). The predicted octanol–water partition coefficient (Wildman–Crippen LogP) is 2.95. The molecule has 0 atom stereocenters. The second-order valence-corrected chi connectivity index (χ2v) is 7.53. The zero-order valence-electron chi connectivity index (χ0n) is 14.6. The molecule has 0 aliphatic rings. The molecule has 0 bridgehead atoms. The third kappa shape index (κ3) is 3.49. The van der Waals surface area contributed by atoms with Gasteiger partial charge in [-0.05, 0) is 41.8 Å². The van der Waals surface area contributed by atoms with E-state index in [9.17, 15) is 4.79 Å². The van der Waals surface area contributed by atoms with Crippen LogP contribution in [-0.4, -0.2) is 28.8 Å². The maximum atomic E-state index is 12.7. The maximum Gasteiger partial charge on any atom is 0.291 e. The number of ether oxygens (including phenoxy) is 2. The van der Waals surface area contributed by atoms with Crippen LogP contribution in [0.4, 0.5) is 0 Å². The summed E-state index contributed by atoms with van der Waals surface area (Å²) in [6.45, 7) is 0. The Bertz CT molecular complexity index is 1220. The topological polar surface area (TPSA) is 65.7 Å². The van der Waals surface area contributed by atoms with E-state index >= 15 is 0 Å². The van der Waals surface area contributed by atoms with Crippen molar-refractivity contribution in [2.24, 2.45) is 0 Å². The lowest BCUT2D eigenvalue weighted by molar-refractivity contribution is 0.393. The van der Waals surface area contributed by atoms with Gasteiger partial charge in [-0.2, -0.15) is 9.50 Å². The Morgan fingerprint density at radius 3 is 2.74 bits per heavy atom. The highest BCUT2D eigenvalue weighted by Crippen LogP contribution is 2.25. The molecule has 136 valence electrons. The summed E-state index contributed by atoms with van der Waals surface area (Å²) in [7, 11) is 3.18. The summed E-state index contributed by atoms with van der Waals surface area (Å²) < 4.78 is 12.5. The van der Waals surface area contributed by atoms with Crippen LogP contribution in [0.1, 0.15) is 16.3 Å². The Morgan fingerprint density at radius 2 is 2.04 bits per heavy atom. The molecule has 0 N–H and O–H groups in total. The van der Waals surface area contributed by atoms with Gasteiger partial charge in [-0.25, -0.2) is 0 Å². The Kier molecular flexibility index (Phi) is 4.74. The summed E-state index contributed by atoms with van der Waals surface area (Å²) in [4.78, 5) is 18.7. The molecule has 3 aromatic heterocycles. The second-order valence-electron chi connectivity index (χ2n) is 5.54. The van der Waals surface area contributed by atoms with Crippen molar-refractivity contribution in [3.05, 3.63) is 66.9 Å². The van der Waals surface area contributed by atoms with E-state index in [1.807, 2.05) is 35.7 Å². The summed E-state index contributed by atoms with van der Waals surface area (Å²) in [5.74, 6) is 1.84. The highest BCUT2D eigenvalue weighted by molar-refractivity contribution is 7.15. The van der Waals surface area contributed by atoms with E-state index in [-0.39, 0.29) is 5.56 Å². The van der Waals surface area contributed by atoms with E-state index in [0.29, 0.717) is 26.8 Å². The fraction of sp³-hybridized carbons (Fsp3) is 0.105. The molecule has 0 spiro atoms. The first-order valence-electron chi connectivity index (χ1n) is 8.03. The van der Waals surface area contributed by atoms with Crippen molar-refractivity contribution < 1.29 is 9.47 Å². The first-order chi connectivity index (χ1) is 13.2. The number of benzene rings is 1. The number of thiazole rings is 1. The Labute approximate surface area is 162 Å². The number of methoxy groups -OCH3 is 2. The number of hydrogen-bond donors (Lipinski definition) is 0. The molecule has 0 amide bonds. The summed E-state index contributed by atoms with van der Waals surface area (Å²) in [6.07, 6.45) is 5.52. The Balaban J connectivity index is 1.72. The van der Waals surface area contributed by atoms with Crippen LogP contribution in [-0.2, 0) is 0 Å². The van der Waals surface area contributed by atoms with Gasteiger partial charge in [0, 0.05) is 16.5 Å². The zero-order chi connectivity index (χ0) is 18.8. The first-order valence-corrected chi connectivity index (χ1v) is 9.72. The van der Waals surface area contributed by atoms with E-state index < -0.39 is 0 Å². The number of fused-ring (bicyclic) bond motifs is 1. The fourth-order valence-corrected chi connectivity index (χ4v) is 4.06. The van der Waals surface area contributed by atoms with Gasteiger partial charge >= 0.3 is 0 Å². The van der Waals surface area contributed by atoms with Gasteiger partial charge in [0.05, 0.1) is 18.8 Å². The van der Waals surface area contributed by atoms with Crippen LogP contribution >= 0.6 is 22.7 Å². The molecule has 1 aromatic carbocycles. The molecule has 0 aliphatic carbocycles. The highest BCUT2D eigenvalue weighted by Gasteiger charge is 2.10. The third-order valence-corrected chi connectivity index (χ3v) is 5.66. The van der Waals surface area contributed by atoms with Crippen molar-refractivity contribution in [2.45, 2.75) is 0 Å². The summed E-state index contributed by atoms with van der Waals surface area (Å²) in [5.41, 5.74) is 0.592. The molecule has 8 heteroatoms. The van der Waals surface area contributed by atoms with Gasteiger partial charge in [-0.3, -0.25) is 4.79 Å². The molecule has 3 heterocycles. The quantitative estimate of drug-likeness (QED) is 0.518. The fourth-order valence-electron chi connectivity index (χ4n) is 2.54. The van der Waals surface area contributed by atoms with Crippen molar-refractivity contribution >= 4 is 45.9 Å². The molecule has 0 saturated heterocycles. The molecule has 0 saturated carbocycles. The predicted molar refractivity (Wildman–Crippen MR) is 109 cm³/mol. The van der Waals surface area contributed by atoms with Crippen LogP contribution in [0.25, 0.3) is 23.2 Å². The van der Waals surface area contributed by atoms with E-state index in [0.717, 1.165) is 10.4 Å². The SMILES string of the molecule is COc1ccc(C=c2sc3nc(C=Cc4cccs4)nn3c2=O)c(OC)c1. The van der Waals surface area contributed by atoms with Crippen LogP contribution in [0.2, 0.25) is 0 Å². The normalized spacial score (nSPS) is 12.3. The average molecular weight is 397 g/mol. The maximum absolute atomic E-state index is 12.7. The molecule has 0 radical (unpaired) electrons. The van der Waals surface area contributed by atoms with E-state index in [1.54, 1.807) is 43.8 Å². The largest absolute Gasteiger partial charge is 0.497 e. The van der Waals surface area contributed by atoms with Crippen LogP contribution in [0.5, 0.6) is 11.5 Å². The summed E-state index contributed by atoms with van der Waals surface area (Å²) >= 11 is 2.93. The zero-order valence-corrected chi connectivity index (χ0v) is 16.2. The number of aromatic nitrogens is 3. The summed E-state index contributed by atoms with van der Waals surface area (Å²) in [5, 5.41) is 6.30. The van der Waals surface area contributed by atoms with E-state index in [4.69, 9.17) is 9.47 Å². The van der Waals surface area contributed by atoms with Crippen LogP contribution in [0, 0.1) is 0 Å². The van der Waals surface area contributed by atoms with Crippen LogP contribution in [0.3, 0.4) is 0 Å². The smallest absolute Gasteiger partial charge is 0.291 e. The van der Waals surface area contributed by atoms with Gasteiger partial charge < -0.3 is 9.47 Å². The standard InChI is InChI=1S/C19H15N3O3S2/c1-24-13-6-5-12(15(11-13)25-2)10-16-18(23)22-19(27-16)20-17(21-22)8-7-14-4-3-9-26-14/h3-11H,1-2H3. The minimum Gasteiger partial charge on any atom is -0.497 e. The minimum atomic E-state index is -0.198. The van der Waals surface area contributed by atoms with Crippen molar-refractivity contribution in [1.82, 2.24) is 14.6 Å². The van der Waals surface area contributed by atoms with Crippen molar-refractivity contribution in [3.63, 3.8) is 0 Å². The molecular formula is C19H15N3O3S2.